The maximum absolute atomic E-state index is 12.4. The third-order valence-electron chi connectivity index (χ3n) is 4.33. The Morgan fingerprint density at radius 2 is 1.92 bits per heavy atom. The van der Waals surface area contributed by atoms with Crippen LogP contribution in [0.15, 0.2) is 53.6 Å². The molecule has 1 aromatic heterocycles. The number of aromatic nitrogens is 1. The Bertz CT molecular complexity index is 1170. The molecule has 1 amide bonds. The molecule has 4 rings (SSSR count). The molecule has 0 spiro atoms. The summed E-state index contributed by atoms with van der Waals surface area (Å²) in [6.07, 6.45) is 3.71. The zero-order valence-corrected chi connectivity index (χ0v) is 14.2. The summed E-state index contributed by atoms with van der Waals surface area (Å²) in [7, 11) is -1.90. The van der Waals surface area contributed by atoms with Crippen molar-refractivity contribution < 1.29 is 13.2 Å². The number of carbonyl (C=O) groups is 1. The first kappa shape index (κ1) is 15.6. The molecule has 0 atom stereocenters. The number of benzene rings is 2. The van der Waals surface area contributed by atoms with Crippen LogP contribution < -0.4 is 10.5 Å². The van der Waals surface area contributed by atoms with Crippen LogP contribution in [-0.2, 0) is 21.9 Å². The highest BCUT2D eigenvalue weighted by molar-refractivity contribution is 7.89. The standard InChI is InChI=1S/C18H15N3O3S/c1-21-10-11(13-4-2-3-5-17(13)21)8-15-14-9-12(25(19,23)24)6-7-16(14)20-18(15)22/h2-10H,1H3,(H,20,22)(H2,19,23,24)/b15-8+. The van der Waals surface area contributed by atoms with Gasteiger partial charge in [0.05, 0.1) is 4.90 Å². The van der Waals surface area contributed by atoms with Crippen molar-refractivity contribution in [1.29, 1.82) is 0 Å². The van der Waals surface area contributed by atoms with Gasteiger partial charge in [-0.05, 0) is 30.3 Å². The van der Waals surface area contributed by atoms with E-state index in [-0.39, 0.29) is 10.8 Å². The molecular formula is C18H15N3O3S. The summed E-state index contributed by atoms with van der Waals surface area (Å²) in [5, 5.41) is 8.97. The molecule has 25 heavy (non-hydrogen) atoms. The first-order chi connectivity index (χ1) is 11.8. The average Bonchev–Trinajstić information content (AvgIpc) is 3.05. The fourth-order valence-corrected chi connectivity index (χ4v) is 3.67. The van der Waals surface area contributed by atoms with Crippen molar-refractivity contribution in [3.05, 3.63) is 59.8 Å². The minimum atomic E-state index is -3.84. The van der Waals surface area contributed by atoms with Crippen molar-refractivity contribution in [3.8, 4) is 0 Å². The number of hydrogen-bond acceptors (Lipinski definition) is 3. The Hall–Kier alpha value is -2.90. The summed E-state index contributed by atoms with van der Waals surface area (Å²) in [6.45, 7) is 0. The Kier molecular flexibility index (Phi) is 3.31. The third-order valence-corrected chi connectivity index (χ3v) is 5.24. The van der Waals surface area contributed by atoms with Crippen LogP contribution in [0, 0.1) is 0 Å². The predicted molar refractivity (Wildman–Crippen MR) is 97.2 cm³/mol. The van der Waals surface area contributed by atoms with Crippen LogP contribution in [0.25, 0.3) is 22.6 Å². The highest BCUT2D eigenvalue weighted by Crippen LogP contribution is 2.35. The molecule has 3 aromatic rings. The third kappa shape index (κ3) is 2.54. The van der Waals surface area contributed by atoms with E-state index in [0.29, 0.717) is 16.8 Å². The second kappa shape index (κ2) is 5.30. The van der Waals surface area contributed by atoms with Gasteiger partial charge in [0, 0.05) is 46.5 Å². The number of sulfonamides is 1. The lowest BCUT2D eigenvalue weighted by molar-refractivity contribution is -0.110. The van der Waals surface area contributed by atoms with Crippen molar-refractivity contribution in [2.75, 3.05) is 5.32 Å². The molecular weight excluding hydrogens is 338 g/mol. The quantitative estimate of drug-likeness (QED) is 0.692. The fraction of sp³-hybridized carbons (Fsp3) is 0.0556. The van der Waals surface area contributed by atoms with Gasteiger partial charge in [-0.25, -0.2) is 13.6 Å². The van der Waals surface area contributed by atoms with Gasteiger partial charge in [0.25, 0.3) is 5.91 Å². The molecule has 0 fully saturated rings. The number of nitrogens with one attached hydrogen (secondary N) is 1. The van der Waals surface area contributed by atoms with Gasteiger partial charge in [0.2, 0.25) is 10.0 Å². The summed E-state index contributed by atoms with van der Waals surface area (Å²) in [5.41, 5.74) is 3.45. The lowest BCUT2D eigenvalue weighted by Gasteiger charge is -2.02. The molecule has 0 bridgehead atoms. The summed E-state index contributed by atoms with van der Waals surface area (Å²) >= 11 is 0. The summed E-state index contributed by atoms with van der Waals surface area (Å²) in [6, 6.07) is 12.2. The van der Waals surface area contributed by atoms with Crippen LogP contribution in [0.3, 0.4) is 0 Å². The van der Waals surface area contributed by atoms with E-state index in [1.807, 2.05) is 42.1 Å². The molecule has 3 N–H and O–H groups in total. The number of fused-ring (bicyclic) bond motifs is 2. The second-order valence-corrected chi connectivity index (χ2v) is 7.54. The van der Waals surface area contributed by atoms with Crippen LogP contribution in [0.5, 0.6) is 0 Å². The van der Waals surface area contributed by atoms with E-state index < -0.39 is 10.0 Å². The predicted octanol–water partition coefficient (Wildman–Crippen LogP) is 2.32. The van der Waals surface area contributed by atoms with Crippen molar-refractivity contribution in [1.82, 2.24) is 4.57 Å². The Labute approximate surface area is 144 Å². The average molecular weight is 353 g/mol. The minimum absolute atomic E-state index is 0.0217. The molecule has 126 valence electrons. The van der Waals surface area contributed by atoms with Gasteiger partial charge in [-0.1, -0.05) is 18.2 Å². The normalized spacial score (nSPS) is 15.6. The summed E-state index contributed by atoms with van der Waals surface area (Å²) in [4.78, 5) is 12.4. The van der Waals surface area contributed by atoms with Gasteiger partial charge in [-0.2, -0.15) is 0 Å². The number of rotatable bonds is 2. The lowest BCUT2D eigenvalue weighted by atomic mass is 10.0. The fourth-order valence-electron chi connectivity index (χ4n) is 3.13. The molecule has 1 aliphatic rings. The first-order valence-corrected chi connectivity index (χ1v) is 9.13. The van der Waals surface area contributed by atoms with E-state index in [1.54, 1.807) is 12.1 Å². The topological polar surface area (TPSA) is 94.2 Å². The molecule has 2 heterocycles. The number of aryl methyl sites for hydroxylation is 1. The van der Waals surface area contributed by atoms with Crippen LogP contribution in [-0.4, -0.2) is 18.9 Å². The van der Waals surface area contributed by atoms with Crippen LogP contribution in [0.2, 0.25) is 0 Å². The maximum atomic E-state index is 12.4. The van der Waals surface area contributed by atoms with E-state index >= 15 is 0 Å². The molecule has 0 radical (unpaired) electrons. The monoisotopic (exact) mass is 353 g/mol. The summed E-state index contributed by atoms with van der Waals surface area (Å²) < 4.78 is 25.2. The molecule has 0 unspecified atom stereocenters. The highest BCUT2D eigenvalue weighted by Gasteiger charge is 2.26. The number of nitrogens with two attached hydrogens (primary N) is 1. The van der Waals surface area contributed by atoms with Crippen molar-refractivity contribution in [3.63, 3.8) is 0 Å². The molecule has 0 saturated heterocycles. The van der Waals surface area contributed by atoms with E-state index in [4.69, 9.17) is 5.14 Å². The van der Waals surface area contributed by atoms with Gasteiger partial charge in [0.15, 0.2) is 0 Å². The smallest absolute Gasteiger partial charge is 0.256 e. The molecule has 1 aliphatic heterocycles. The van der Waals surface area contributed by atoms with E-state index in [1.165, 1.54) is 12.1 Å². The van der Waals surface area contributed by atoms with Gasteiger partial charge in [-0.15, -0.1) is 0 Å². The second-order valence-electron chi connectivity index (χ2n) is 5.98. The minimum Gasteiger partial charge on any atom is -0.350 e. The number of amides is 1. The number of para-hydroxylation sites is 1. The highest BCUT2D eigenvalue weighted by atomic mass is 32.2. The van der Waals surface area contributed by atoms with Gasteiger partial charge in [0.1, 0.15) is 0 Å². The zero-order valence-electron chi connectivity index (χ0n) is 13.4. The number of hydrogen-bond donors (Lipinski definition) is 2. The van der Waals surface area contributed by atoms with Crippen molar-refractivity contribution >= 4 is 44.2 Å². The molecule has 0 saturated carbocycles. The molecule has 7 heteroatoms. The Morgan fingerprint density at radius 3 is 2.68 bits per heavy atom. The largest absolute Gasteiger partial charge is 0.350 e. The van der Waals surface area contributed by atoms with Crippen molar-refractivity contribution in [2.45, 2.75) is 4.90 Å². The number of anilines is 1. The molecule has 6 nitrogen and oxygen atoms in total. The van der Waals surface area contributed by atoms with E-state index in [9.17, 15) is 13.2 Å². The van der Waals surface area contributed by atoms with Crippen LogP contribution in [0.4, 0.5) is 5.69 Å². The first-order valence-electron chi connectivity index (χ1n) is 7.59. The maximum Gasteiger partial charge on any atom is 0.256 e. The molecule has 2 aromatic carbocycles. The van der Waals surface area contributed by atoms with Crippen LogP contribution in [0.1, 0.15) is 11.1 Å². The number of nitrogens with zero attached hydrogens (tertiary/aromatic N) is 1. The summed E-state index contributed by atoms with van der Waals surface area (Å²) in [5.74, 6) is -0.269. The SMILES string of the molecule is Cn1cc(/C=C2/C(=O)Nc3ccc(S(N)(=O)=O)cc32)c2ccccc21. The molecule has 0 aliphatic carbocycles. The number of primary sulfonamides is 1. The van der Waals surface area contributed by atoms with E-state index in [0.717, 1.165) is 16.5 Å². The van der Waals surface area contributed by atoms with Crippen molar-refractivity contribution in [2.24, 2.45) is 12.2 Å². The van der Waals surface area contributed by atoms with Gasteiger partial charge in [-0.3, -0.25) is 4.79 Å². The van der Waals surface area contributed by atoms with E-state index in [2.05, 4.69) is 5.32 Å². The Balaban J connectivity index is 1.92. The lowest BCUT2D eigenvalue weighted by Crippen LogP contribution is -2.12. The van der Waals surface area contributed by atoms with Gasteiger partial charge >= 0.3 is 0 Å². The zero-order chi connectivity index (χ0) is 17.8. The Morgan fingerprint density at radius 1 is 1.16 bits per heavy atom. The number of carbonyl (C=O) groups excluding carboxylic acids is 1. The van der Waals surface area contributed by atoms with Crippen LogP contribution >= 0.6 is 0 Å². The van der Waals surface area contributed by atoms with Gasteiger partial charge < -0.3 is 9.88 Å².